The van der Waals surface area contributed by atoms with Crippen LogP contribution in [0.5, 0.6) is 0 Å². The molecule has 1 aliphatic heterocycles. The molecule has 1 saturated heterocycles. The first-order valence-corrected chi connectivity index (χ1v) is 5.48. The molecular weight excluding hydrogens is 180 g/mol. The fourth-order valence-corrected chi connectivity index (χ4v) is 2.84. The highest BCUT2D eigenvalue weighted by molar-refractivity contribution is 7.91. The first kappa shape index (κ1) is 9.70. The topological polar surface area (TPSA) is 63.6 Å². The van der Waals surface area contributed by atoms with E-state index in [0.717, 1.165) is 0 Å². The Morgan fingerprint density at radius 1 is 1.58 bits per heavy atom. The van der Waals surface area contributed by atoms with Gasteiger partial charge >= 0.3 is 0 Å². The summed E-state index contributed by atoms with van der Waals surface area (Å²) in [5, 5.41) is 9.21. The lowest BCUT2D eigenvalue weighted by molar-refractivity contribution is 0.00520. The smallest absolute Gasteiger partial charge is 0.155 e. The molecule has 1 rings (SSSR count). The lowest BCUT2D eigenvalue weighted by Gasteiger charge is -2.11. The highest BCUT2D eigenvalue weighted by Gasteiger charge is 2.36. The van der Waals surface area contributed by atoms with E-state index >= 15 is 0 Å². The Kier molecular flexibility index (Phi) is 2.87. The van der Waals surface area contributed by atoms with Crippen LogP contribution >= 0.6 is 0 Å². The van der Waals surface area contributed by atoms with Crippen LogP contribution in [-0.2, 0) is 14.6 Å². The molecule has 0 unspecified atom stereocenters. The quantitative estimate of drug-likeness (QED) is 0.603. The zero-order valence-electron chi connectivity index (χ0n) is 6.64. The number of rotatable bonds is 3. The van der Waals surface area contributed by atoms with E-state index in [1.165, 1.54) is 6.08 Å². The number of aliphatic hydroxyl groups is 1. The third-order valence-corrected chi connectivity index (χ3v) is 3.39. The number of aliphatic hydroxyl groups excluding tert-OH is 1. The van der Waals surface area contributed by atoms with Crippen molar-refractivity contribution in [3.63, 3.8) is 0 Å². The van der Waals surface area contributed by atoms with Gasteiger partial charge in [-0.15, -0.1) is 6.58 Å². The van der Waals surface area contributed by atoms with Gasteiger partial charge in [0.05, 0.1) is 30.3 Å². The SMILES string of the molecule is C=CCO[C@H]1CS(=O)(=O)C[C@H]1O. The van der Waals surface area contributed by atoms with E-state index in [1.807, 2.05) is 0 Å². The zero-order valence-corrected chi connectivity index (χ0v) is 7.46. The van der Waals surface area contributed by atoms with Gasteiger partial charge in [0.1, 0.15) is 0 Å². The molecule has 4 nitrogen and oxygen atoms in total. The number of ether oxygens (including phenoxy) is 1. The second-order valence-corrected chi connectivity index (χ2v) is 4.96. The average Bonchev–Trinajstić information content (AvgIpc) is 2.20. The lowest BCUT2D eigenvalue weighted by Crippen LogP contribution is -2.26. The van der Waals surface area contributed by atoms with E-state index in [9.17, 15) is 13.5 Å². The third-order valence-electron chi connectivity index (χ3n) is 1.70. The normalized spacial score (nSPS) is 33.4. The van der Waals surface area contributed by atoms with Crippen molar-refractivity contribution in [1.82, 2.24) is 0 Å². The zero-order chi connectivity index (χ0) is 9.19. The molecule has 0 saturated carbocycles. The van der Waals surface area contributed by atoms with Crippen LogP contribution in [-0.4, -0.2) is 43.8 Å². The Balaban J connectivity index is 2.52. The lowest BCUT2D eigenvalue weighted by atomic mass is 10.3. The molecule has 0 aliphatic carbocycles. The van der Waals surface area contributed by atoms with Crippen molar-refractivity contribution in [2.24, 2.45) is 0 Å². The predicted octanol–water partition coefficient (Wildman–Crippen LogP) is -0.653. The Morgan fingerprint density at radius 3 is 2.67 bits per heavy atom. The number of hydrogen-bond acceptors (Lipinski definition) is 4. The minimum atomic E-state index is -3.08. The molecule has 5 heteroatoms. The van der Waals surface area contributed by atoms with Crippen LogP contribution in [0.4, 0.5) is 0 Å². The first-order valence-electron chi connectivity index (χ1n) is 3.66. The van der Waals surface area contributed by atoms with Crippen molar-refractivity contribution in [2.45, 2.75) is 12.2 Å². The maximum absolute atomic E-state index is 10.9. The Bertz CT molecular complexity index is 257. The maximum Gasteiger partial charge on any atom is 0.155 e. The van der Waals surface area contributed by atoms with Gasteiger partial charge in [0.25, 0.3) is 0 Å². The first-order chi connectivity index (χ1) is 5.55. The van der Waals surface area contributed by atoms with Crippen LogP contribution in [0.3, 0.4) is 0 Å². The summed E-state index contributed by atoms with van der Waals surface area (Å²) in [6.45, 7) is 3.70. The predicted molar refractivity (Wildman–Crippen MR) is 44.6 cm³/mol. The Hall–Kier alpha value is -0.390. The monoisotopic (exact) mass is 192 g/mol. The van der Waals surface area contributed by atoms with Crippen LogP contribution in [0, 0.1) is 0 Å². The minimum absolute atomic E-state index is 0.0813. The molecule has 0 bridgehead atoms. The largest absolute Gasteiger partial charge is 0.389 e. The molecule has 12 heavy (non-hydrogen) atoms. The molecule has 1 heterocycles. The van der Waals surface area contributed by atoms with Crippen molar-refractivity contribution in [2.75, 3.05) is 18.1 Å². The van der Waals surface area contributed by atoms with Gasteiger partial charge in [0, 0.05) is 0 Å². The van der Waals surface area contributed by atoms with Crippen molar-refractivity contribution in [1.29, 1.82) is 0 Å². The van der Waals surface area contributed by atoms with Crippen LogP contribution in [0.2, 0.25) is 0 Å². The summed E-state index contributed by atoms with van der Waals surface area (Å²) in [6, 6.07) is 0. The number of hydrogen-bond donors (Lipinski definition) is 1. The molecule has 0 radical (unpaired) electrons. The Labute approximate surface area is 71.8 Å². The van der Waals surface area contributed by atoms with Crippen LogP contribution < -0.4 is 0 Å². The third kappa shape index (κ3) is 2.30. The van der Waals surface area contributed by atoms with E-state index in [2.05, 4.69) is 6.58 Å². The highest BCUT2D eigenvalue weighted by Crippen LogP contribution is 2.15. The van der Waals surface area contributed by atoms with Gasteiger partial charge in [0.15, 0.2) is 9.84 Å². The van der Waals surface area contributed by atoms with Crippen LogP contribution in [0.1, 0.15) is 0 Å². The minimum Gasteiger partial charge on any atom is -0.389 e. The highest BCUT2D eigenvalue weighted by atomic mass is 32.2. The van der Waals surface area contributed by atoms with Crippen molar-refractivity contribution in [3.8, 4) is 0 Å². The average molecular weight is 192 g/mol. The summed E-state index contributed by atoms with van der Waals surface area (Å²) in [7, 11) is -3.08. The molecule has 1 aliphatic rings. The molecule has 1 fully saturated rings. The number of sulfone groups is 1. The van der Waals surface area contributed by atoms with E-state index in [0.29, 0.717) is 0 Å². The standard InChI is InChI=1S/C7H12O4S/c1-2-3-11-7-5-12(9,10)4-6(7)8/h2,6-8H,1,3-5H2/t6-,7+/m1/s1. The van der Waals surface area contributed by atoms with E-state index < -0.39 is 22.0 Å². The van der Waals surface area contributed by atoms with E-state index in [1.54, 1.807) is 0 Å². The van der Waals surface area contributed by atoms with Crippen molar-refractivity contribution >= 4 is 9.84 Å². The second kappa shape index (κ2) is 3.55. The molecule has 0 spiro atoms. The summed E-state index contributed by atoms with van der Waals surface area (Å²) < 4.78 is 27.0. The van der Waals surface area contributed by atoms with Gasteiger partial charge in [-0.25, -0.2) is 8.42 Å². The van der Waals surface area contributed by atoms with Crippen molar-refractivity contribution in [3.05, 3.63) is 12.7 Å². The van der Waals surface area contributed by atoms with E-state index in [-0.39, 0.29) is 18.1 Å². The molecule has 0 amide bonds. The molecule has 0 aromatic carbocycles. The molecule has 2 atom stereocenters. The Morgan fingerprint density at radius 2 is 2.25 bits per heavy atom. The summed E-state index contributed by atoms with van der Waals surface area (Å²) >= 11 is 0. The molecule has 70 valence electrons. The molecule has 0 aromatic rings. The van der Waals surface area contributed by atoms with Gasteiger partial charge in [0.2, 0.25) is 0 Å². The fourth-order valence-electron chi connectivity index (χ4n) is 1.15. The van der Waals surface area contributed by atoms with E-state index in [4.69, 9.17) is 4.74 Å². The molecule has 1 N–H and O–H groups in total. The maximum atomic E-state index is 10.9. The summed E-state index contributed by atoms with van der Waals surface area (Å²) in [6.07, 6.45) is 0.0699. The van der Waals surface area contributed by atoms with Crippen LogP contribution in [0.15, 0.2) is 12.7 Å². The van der Waals surface area contributed by atoms with Crippen molar-refractivity contribution < 1.29 is 18.3 Å². The summed E-state index contributed by atoms with van der Waals surface area (Å²) in [4.78, 5) is 0. The van der Waals surface area contributed by atoms with Gasteiger partial charge in [-0.3, -0.25) is 0 Å². The molecular formula is C7H12O4S. The van der Waals surface area contributed by atoms with Crippen LogP contribution in [0.25, 0.3) is 0 Å². The summed E-state index contributed by atoms with van der Waals surface area (Å²) in [5.74, 6) is -0.267. The fraction of sp³-hybridized carbons (Fsp3) is 0.714. The van der Waals surface area contributed by atoms with Gasteiger partial charge < -0.3 is 9.84 Å². The second-order valence-electron chi connectivity index (χ2n) is 2.80. The van der Waals surface area contributed by atoms with Gasteiger partial charge in [-0.2, -0.15) is 0 Å². The summed E-state index contributed by atoms with van der Waals surface area (Å²) in [5.41, 5.74) is 0. The van der Waals surface area contributed by atoms with Gasteiger partial charge in [-0.1, -0.05) is 6.08 Å². The molecule has 0 aromatic heterocycles. The van der Waals surface area contributed by atoms with Gasteiger partial charge in [-0.05, 0) is 0 Å².